The van der Waals surface area contributed by atoms with Gasteiger partial charge in [0.05, 0.1) is 12.2 Å². The minimum absolute atomic E-state index is 0.0669. The molecule has 1 aliphatic rings. The lowest BCUT2D eigenvalue weighted by atomic mass is 10.1. The lowest BCUT2D eigenvalue weighted by Gasteiger charge is -2.26. The summed E-state index contributed by atoms with van der Waals surface area (Å²) in [5, 5.41) is 0.621. The predicted octanol–water partition coefficient (Wildman–Crippen LogP) is 2.31. The quantitative estimate of drug-likeness (QED) is 0.863. The second-order valence-corrected chi connectivity index (χ2v) is 5.47. The fourth-order valence-corrected chi connectivity index (χ4v) is 2.58. The topological polar surface area (TPSA) is 72.1 Å². The van der Waals surface area contributed by atoms with Gasteiger partial charge in [-0.05, 0) is 29.7 Å². The van der Waals surface area contributed by atoms with Gasteiger partial charge in [0.15, 0.2) is 0 Å². The van der Waals surface area contributed by atoms with Gasteiger partial charge in [-0.15, -0.1) is 0 Å². The molecule has 2 N–H and O–H groups in total. The Morgan fingerprint density at radius 2 is 2.18 bits per heavy atom. The monoisotopic (exact) mass is 314 g/mol. The summed E-state index contributed by atoms with van der Waals surface area (Å²) in [4.78, 5) is 22.2. The van der Waals surface area contributed by atoms with Crippen LogP contribution in [-0.2, 0) is 17.8 Å². The molecule has 3 rings (SSSR count). The molecule has 22 heavy (non-hydrogen) atoms. The van der Waals surface area contributed by atoms with E-state index in [1.165, 1.54) is 6.08 Å². The van der Waals surface area contributed by atoms with Crippen molar-refractivity contribution in [2.45, 2.75) is 13.0 Å². The van der Waals surface area contributed by atoms with Crippen LogP contribution in [-0.4, -0.2) is 27.3 Å². The Labute approximate surface area is 133 Å². The number of aromatic nitrogens is 2. The third kappa shape index (κ3) is 3.09. The molecular weight excluding hydrogens is 300 g/mol. The van der Waals surface area contributed by atoms with Crippen molar-refractivity contribution in [3.05, 3.63) is 58.4 Å². The third-order valence-electron chi connectivity index (χ3n) is 3.59. The van der Waals surface area contributed by atoms with E-state index in [-0.39, 0.29) is 11.9 Å². The van der Waals surface area contributed by atoms with Gasteiger partial charge in [0, 0.05) is 23.8 Å². The van der Waals surface area contributed by atoms with E-state index in [1.54, 1.807) is 23.2 Å². The molecule has 0 unspecified atom stereocenters. The van der Waals surface area contributed by atoms with Crippen LogP contribution >= 0.6 is 11.6 Å². The predicted molar refractivity (Wildman–Crippen MR) is 86.1 cm³/mol. The first-order chi connectivity index (χ1) is 10.6. The molecule has 1 aromatic heterocycles. The first-order valence-corrected chi connectivity index (χ1v) is 7.33. The number of carbonyl (C=O) groups excluding carboxylic acids is 1. The second kappa shape index (κ2) is 6.15. The summed E-state index contributed by atoms with van der Waals surface area (Å²) >= 11 is 6.07. The minimum Gasteiger partial charge on any atom is -0.368 e. The van der Waals surface area contributed by atoms with E-state index in [1.807, 2.05) is 18.2 Å². The smallest absolute Gasteiger partial charge is 0.246 e. The van der Waals surface area contributed by atoms with Crippen molar-refractivity contribution in [1.29, 1.82) is 0 Å². The average Bonchev–Trinajstić information content (AvgIpc) is 2.53. The van der Waals surface area contributed by atoms with E-state index in [0.717, 1.165) is 23.2 Å². The fraction of sp³-hybridized carbons (Fsp3) is 0.188. The van der Waals surface area contributed by atoms with E-state index in [4.69, 9.17) is 17.3 Å². The Hall–Kier alpha value is -2.40. The van der Waals surface area contributed by atoms with Gasteiger partial charge in [-0.1, -0.05) is 29.8 Å². The van der Waals surface area contributed by atoms with E-state index in [0.29, 0.717) is 18.1 Å². The number of fused-ring (bicyclic) bond motifs is 1. The zero-order chi connectivity index (χ0) is 15.5. The third-order valence-corrected chi connectivity index (χ3v) is 3.93. The minimum atomic E-state index is -0.0669. The highest BCUT2D eigenvalue weighted by atomic mass is 35.5. The van der Waals surface area contributed by atoms with Crippen molar-refractivity contribution < 1.29 is 4.79 Å². The Morgan fingerprint density at radius 1 is 1.36 bits per heavy atom. The SMILES string of the molecule is Nc1ncc2c(n1)CN(C(=O)/C=C/c1ccccc1Cl)CC2. The number of anilines is 1. The molecule has 2 heterocycles. The molecule has 1 amide bonds. The van der Waals surface area contributed by atoms with Gasteiger partial charge in [-0.2, -0.15) is 0 Å². The number of nitrogen functional groups attached to an aromatic ring is 1. The standard InChI is InChI=1S/C16H15ClN4O/c17-13-4-2-1-3-11(13)5-6-15(22)21-8-7-12-9-19-16(18)20-14(12)10-21/h1-6,9H,7-8,10H2,(H2,18,19,20)/b6-5+. The zero-order valence-electron chi connectivity index (χ0n) is 11.9. The number of carbonyl (C=O) groups is 1. The maximum atomic E-state index is 12.3. The first kappa shape index (κ1) is 14.5. The number of nitrogens with zero attached hydrogens (tertiary/aromatic N) is 3. The lowest BCUT2D eigenvalue weighted by Crippen LogP contribution is -2.35. The van der Waals surface area contributed by atoms with Gasteiger partial charge in [-0.25, -0.2) is 9.97 Å². The van der Waals surface area contributed by atoms with Crippen LogP contribution in [0.4, 0.5) is 5.95 Å². The molecule has 0 fully saturated rings. The van der Waals surface area contributed by atoms with Crippen LogP contribution < -0.4 is 5.73 Å². The number of nitrogens with two attached hydrogens (primary N) is 1. The van der Waals surface area contributed by atoms with Gasteiger partial charge < -0.3 is 10.6 Å². The first-order valence-electron chi connectivity index (χ1n) is 6.95. The maximum absolute atomic E-state index is 12.3. The molecule has 0 saturated heterocycles. The summed E-state index contributed by atoms with van der Waals surface area (Å²) in [7, 11) is 0. The van der Waals surface area contributed by atoms with Crippen molar-refractivity contribution in [2.75, 3.05) is 12.3 Å². The van der Waals surface area contributed by atoms with Crippen molar-refractivity contribution in [2.24, 2.45) is 0 Å². The normalized spacial score (nSPS) is 14.1. The summed E-state index contributed by atoms with van der Waals surface area (Å²) in [5.74, 6) is 0.169. The van der Waals surface area contributed by atoms with Gasteiger partial charge in [0.25, 0.3) is 0 Å². The highest BCUT2D eigenvalue weighted by Gasteiger charge is 2.20. The van der Waals surface area contributed by atoms with Crippen LogP contribution in [0.2, 0.25) is 5.02 Å². The van der Waals surface area contributed by atoms with Gasteiger partial charge >= 0.3 is 0 Å². The van der Waals surface area contributed by atoms with Crippen LogP contribution in [0.1, 0.15) is 16.8 Å². The van der Waals surface area contributed by atoms with Crippen LogP contribution in [0.3, 0.4) is 0 Å². The number of hydrogen-bond acceptors (Lipinski definition) is 4. The molecular formula is C16H15ClN4O. The second-order valence-electron chi connectivity index (χ2n) is 5.06. The maximum Gasteiger partial charge on any atom is 0.246 e. The highest BCUT2D eigenvalue weighted by molar-refractivity contribution is 6.32. The van der Waals surface area contributed by atoms with E-state index >= 15 is 0 Å². The number of rotatable bonds is 2. The molecule has 1 aromatic carbocycles. The van der Waals surface area contributed by atoms with E-state index in [2.05, 4.69) is 9.97 Å². The molecule has 0 atom stereocenters. The Balaban J connectivity index is 1.73. The van der Waals surface area contributed by atoms with Gasteiger partial charge in [0.1, 0.15) is 0 Å². The largest absolute Gasteiger partial charge is 0.368 e. The van der Waals surface area contributed by atoms with Crippen LogP contribution in [0.25, 0.3) is 6.08 Å². The van der Waals surface area contributed by atoms with Gasteiger partial charge in [0.2, 0.25) is 11.9 Å². The fourth-order valence-electron chi connectivity index (χ4n) is 2.38. The van der Waals surface area contributed by atoms with Crippen molar-refractivity contribution >= 4 is 29.5 Å². The molecule has 112 valence electrons. The lowest BCUT2D eigenvalue weighted by molar-refractivity contribution is -0.126. The summed E-state index contributed by atoms with van der Waals surface area (Å²) in [5.41, 5.74) is 8.29. The summed E-state index contributed by atoms with van der Waals surface area (Å²) in [6.07, 6.45) is 5.74. The molecule has 6 heteroatoms. The molecule has 0 bridgehead atoms. The molecule has 0 saturated carbocycles. The van der Waals surface area contributed by atoms with Crippen molar-refractivity contribution in [1.82, 2.24) is 14.9 Å². The van der Waals surface area contributed by atoms with Crippen LogP contribution in [0.5, 0.6) is 0 Å². The zero-order valence-corrected chi connectivity index (χ0v) is 12.6. The molecule has 0 radical (unpaired) electrons. The summed E-state index contributed by atoms with van der Waals surface area (Å²) in [6, 6.07) is 7.40. The van der Waals surface area contributed by atoms with Crippen molar-refractivity contribution in [3.8, 4) is 0 Å². The molecule has 0 spiro atoms. The van der Waals surface area contributed by atoms with E-state index < -0.39 is 0 Å². The van der Waals surface area contributed by atoms with Crippen LogP contribution in [0.15, 0.2) is 36.5 Å². The average molecular weight is 315 g/mol. The molecule has 1 aliphatic heterocycles. The van der Waals surface area contributed by atoms with E-state index in [9.17, 15) is 4.79 Å². The van der Waals surface area contributed by atoms with Crippen LogP contribution in [0, 0.1) is 0 Å². The number of amides is 1. The Kier molecular flexibility index (Phi) is 4.06. The highest BCUT2D eigenvalue weighted by Crippen LogP contribution is 2.19. The Bertz CT molecular complexity index is 745. The number of halogens is 1. The molecule has 0 aliphatic carbocycles. The molecule has 5 nitrogen and oxygen atoms in total. The van der Waals surface area contributed by atoms with Crippen molar-refractivity contribution in [3.63, 3.8) is 0 Å². The number of benzene rings is 1. The summed E-state index contributed by atoms with van der Waals surface area (Å²) < 4.78 is 0. The number of hydrogen-bond donors (Lipinski definition) is 1. The summed E-state index contributed by atoms with van der Waals surface area (Å²) in [6.45, 7) is 1.10. The van der Waals surface area contributed by atoms with Gasteiger partial charge in [-0.3, -0.25) is 4.79 Å². The molecule has 2 aromatic rings. The Morgan fingerprint density at radius 3 is 3.00 bits per heavy atom.